The van der Waals surface area contributed by atoms with Crippen LogP contribution in [-0.4, -0.2) is 25.2 Å². The van der Waals surface area contributed by atoms with Gasteiger partial charge < -0.3 is 5.32 Å². The summed E-state index contributed by atoms with van der Waals surface area (Å²) in [4.78, 5) is 15.5. The van der Waals surface area contributed by atoms with E-state index < -0.39 is 0 Å². The quantitative estimate of drug-likeness (QED) is 0.673. The van der Waals surface area contributed by atoms with Crippen molar-refractivity contribution in [1.82, 2.24) is 5.32 Å². The largest absolute Gasteiger partial charge is 0.356 e. The van der Waals surface area contributed by atoms with E-state index in [-0.39, 0.29) is 11.8 Å². The fourth-order valence-corrected chi connectivity index (χ4v) is 1.04. The van der Waals surface area contributed by atoms with Crippen molar-refractivity contribution in [3.63, 3.8) is 0 Å². The maximum atomic E-state index is 11.4. The van der Waals surface area contributed by atoms with Gasteiger partial charge in [-0.3, -0.25) is 9.79 Å². The summed E-state index contributed by atoms with van der Waals surface area (Å²) in [5.74, 6) is 0.872. The van der Waals surface area contributed by atoms with Crippen LogP contribution < -0.4 is 5.32 Å². The lowest BCUT2D eigenvalue weighted by molar-refractivity contribution is -0.121. The van der Waals surface area contributed by atoms with Crippen LogP contribution in [0.15, 0.2) is 4.99 Å². The molecule has 0 radical (unpaired) electrons. The summed E-state index contributed by atoms with van der Waals surface area (Å²) in [6.45, 7) is 8.91. The minimum absolute atomic E-state index is 0.120. The Morgan fingerprint density at radius 3 is 2.36 bits per heavy atom. The standard InChI is InChI=1S/C11H22N2O/c1-8(2)7-13-11(14)6-9(3)10(4)12-5/h8-9H,6-7H2,1-5H3,(H,13,14). The van der Waals surface area contributed by atoms with Crippen molar-refractivity contribution >= 4 is 11.6 Å². The van der Waals surface area contributed by atoms with Crippen molar-refractivity contribution < 1.29 is 4.79 Å². The summed E-state index contributed by atoms with van der Waals surface area (Å²) in [6.07, 6.45) is 0.538. The topological polar surface area (TPSA) is 41.5 Å². The van der Waals surface area contributed by atoms with Gasteiger partial charge in [-0.15, -0.1) is 0 Å². The first-order valence-electron chi connectivity index (χ1n) is 5.17. The van der Waals surface area contributed by atoms with Crippen molar-refractivity contribution in [2.24, 2.45) is 16.8 Å². The highest BCUT2D eigenvalue weighted by Gasteiger charge is 2.10. The predicted octanol–water partition coefficient (Wildman–Crippen LogP) is 1.88. The second-order valence-electron chi connectivity index (χ2n) is 4.17. The Labute approximate surface area is 87.0 Å². The van der Waals surface area contributed by atoms with Crippen LogP contribution in [0.25, 0.3) is 0 Å². The van der Waals surface area contributed by atoms with Gasteiger partial charge in [-0.05, 0) is 12.8 Å². The highest BCUT2D eigenvalue weighted by atomic mass is 16.1. The molecule has 0 aromatic rings. The Balaban J connectivity index is 3.83. The summed E-state index contributed by atoms with van der Waals surface area (Å²) >= 11 is 0. The Morgan fingerprint density at radius 2 is 1.93 bits per heavy atom. The molecule has 3 heteroatoms. The number of hydrogen-bond donors (Lipinski definition) is 1. The summed E-state index contributed by atoms with van der Waals surface area (Å²) in [5, 5.41) is 2.90. The number of nitrogens with one attached hydrogen (secondary N) is 1. The van der Waals surface area contributed by atoms with Gasteiger partial charge in [0.1, 0.15) is 0 Å². The van der Waals surface area contributed by atoms with Crippen LogP contribution in [0.1, 0.15) is 34.1 Å². The first-order valence-corrected chi connectivity index (χ1v) is 5.17. The van der Waals surface area contributed by atoms with E-state index in [0.29, 0.717) is 12.3 Å². The average Bonchev–Trinajstić information content (AvgIpc) is 2.13. The zero-order chi connectivity index (χ0) is 11.1. The lowest BCUT2D eigenvalue weighted by atomic mass is 10.0. The molecule has 0 aromatic carbocycles. The van der Waals surface area contributed by atoms with Gasteiger partial charge >= 0.3 is 0 Å². The molecule has 0 aliphatic rings. The van der Waals surface area contributed by atoms with Crippen LogP contribution >= 0.6 is 0 Å². The van der Waals surface area contributed by atoms with E-state index in [4.69, 9.17) is 0 Å². The number of hydrogen-bond acceptors (Lipinski definition) is 2. The predicted molar refractivity (Wildman–Crippen MR) is 60.7 cm³/mol. The van der Waals surface area contributed by atoms with Crippen LogP contribution in [0.2, 0.25) is 0 Å². The lowest BCUT2D eigenvalue weighted by Gasteiger charge is -2.12. The number of aliphatic imine (C=N–C) groups is 1. The number of carbonyl (C=O) groups is 1. The van der Waals surface area contributed by atoms with Crippen molar-refractivity contribution in [3.8, 4) is 0 Å². The Kier molecular flexibility index (Phi) is 6.17. The summed E-state index contributed by atoms with van der Waals surface area (Å²) in [6, 6.07) is 0. The van der Waals surface area contributed by atoms with Crippen LogP contribution in [0.5, 0.6) is 0 Å². The smallest absolute Gasteiger partial charge is 0.220 e. The van der Waals surface area contributed by atoms with Crippen LogP contribution in [0.4, 0.5) is 0 Å². The molecule has 0 fully saturated rings. The maximum Gasteiger partial charge on any atom is 0.220 e. The minimum atomic E-state index is 0.120. The second-order valence-corrected chi connectivity index (χ2v) is 4.17. The van der Waals surface area contributed by atoms with Gasteiger partial charge in [0.15, 0.2) is 0 Å². The molecule has 82 valence electrons. The number of rotatable bonds is 5. The van der Waals surface area contributed by atoms with Gasteiger partial charge in [0.2, 0.25) is 5.91 Å². The lowest BCUT2D eigenvalue weighted by Crippen LogP contribution is -2.29. The van der Waals surface area contributed by atoms with Gasteiger partial charge in [0, 0.05) is 31.6 Å². The maximum absolute atomic E-state index is 11.4. The molecule has 1 atom stereocenters. The fourth-order valence-electron chi connectivity index (χ4n) is 1.04. The third-order valence-electron chi connectivity index (χ3n) is 2.26. The first-order chi connectivity index (χ1) is 6.47. The molecule has 1 amide bonds. The molecule has 0 aliphatic heterocycles. The zero-order valence-corrected chi connectivity index (χ0v) is 9.92. The summed E-state index contributed by atoms with van der Waals surface area (Å²) < 4.78 is 0. The third-order valence-corrected chi connectivity index (χ3v) is 2.26. The molecule has 0 saturated heterocycles. The average molecular weight is 198 g/mol. The highest BCUT2D eigenvalue weighted by Crippen LogP contribution is 2.04. The van der Waals surface area contributed by atoms with Crippen molar-refractivity contribution in [1.29, 1.82) is 0 Å². The van der Waals surface area contributed by atoms with Crippen molar-refractivity contribution in [2.45, 2.75) is 34.1 Å². The minimum Gasteiger partial charge on any atom is -0.356 e. The molecule has 1 unspecified atom stereocenters. The van der Waals surface area contributed by atoms with E-state index in [1.807, 2.05) is 13.8 Å². The van der Waals surface area contributed by atoms with Gasteiger partial charge in [-0.25, -0.2) is 0 Å². The van der Waals surface area contributed by atoms with E-state index in [0.717, 1.165) is 12.3 Å². The van der Waals surface area contributed by atoms with Gasteiger partial charge in [0.05, 0.1) is 0 Å². The molecule has 0 saturated carbocycles. The second kappa shape index (κ2) is 6.57. The van der Waals surface area contributed by atoms with Gasteiger partial charge in [0.25, 0.3) is 0 Å². The Morgan fingerprint density at radius 1 is 1.36 bits per heavy atom. The SMILES string of the molecule is CN=C(C)C(C)CC(=O)NCC(C)C. The summed E-state index contributed by atoms with van der Waals surface area (Å²) in [5.41, 5.74) is 1.03. The Bertz CT molecular complexity index is 209. The van der Waals surface area contributed by atoms with E-state index in [1.54, 1.807) is 7.05 Å². The zero-order valence-electron chi connectivity index (χ0n) is 9.92. The third kappa shape index (κ3) is 5.73. The van der Waals surface area contributed by atoms with Crippen molar-refractivity contribution in [3.05, 3.63) is 0 Å². The molecule has 0 rings (SSSR count). The van der Waals surface area contributed by atoms with Gasteiger partial charge in [-0.1, -0.05) is 20.8 Å². The molecular weight excluding hydrogens is 176 g/mol. The van der Waals surface area contributed by atoms with Crippen LogP contribution in [-0.2, 0) is 4.79 Å². The van der Waals surface area contributed by atoms with Crippen LogP contribution in [0, 0.1) is 11.8 Å². The highest BCUT2D eigenvalue weighted by molar-refractivity contribution is 5.88. The van der Waals surface area contributed by atoms with Crippen LogP contribution in [0.3, 0.4) is 0 Å². The molecule has 1 N–H and O–H groups in total. The number of amides is 1. The normalized spacial score (nSPS) is 14.3. The van der Waals surface area contributed by atoms with E-state index in [9.17, 15) is 4.79 Å². The fraction of sp³-hybridized carbons (Fsp3) is 0.818. The van der Waals surface area contributed by atoms with Gasteiger partial charge in [-0.2, -0.15) is 0 Å². The molecular formula is C11H22N2O. The molecule has 14 heavy (non-hydrogen) atoms. The molecule has 0 heterocycles. The molecule has 0 aromatic heterocycles. The van der Waals surface area contributed by atoms with E-state index in [1.165, 1.54) is 0 Å². The molecule has 0 spiro atoms. The molecule has 3 nitrogen and oxygen atoms in total. The van der Waals surface area contributed by atoms with E-state index in [2.05, 4.69) is 24.2 Å². The van der Waals surface area contributed by atoms with E-state index >= 15 is 0 Å². The van der Waals surface area contributed by atoms with Crippen molar-refractivity contribution in [2.75, 3.05) is 13.6 Å². The molecule has 0 bridgehead atoms. The molecule has 0 aliphatic carbocycles. The Hall–Kier alpha value is -0.860. The summed E-state index contributed by atoms with van der Waals surface area (Å²) in [7, 11) is 1.76. The first kappa shape index (κ1) is 13.1. The monoisotopic (exact) mass is 198 g/mol. The number of carbonyl (C=O) groups excluding carboxylic acids is 1. The number of nitrogens with zero attached hydrogens (tertiary/aromatic N) is 1.